The molecule has 4 N–H and O–H groups in total. The van der Waals surface area contributed by atoms with Gasteiger partial charge in [-0.25, -0.2) is 4.39 Å². The lowest BCUT2D eigenvalue weighted by atomic mass is 10.1. The fourth-order valence-electron chi connectivity index (χ4n) is 1.45. The molecule has 0 aliphatic heterocycles. The molecule has 0 fully saturated rings. The van der Waals surface area contributed by atoms with Crippen molar-refractivity contribution in [1.29, 1.82) is 0 Å². The van der Waals surface area contributed by atoms with Crippen LogP contribution in [0.4, 0.5) is 4.39 Å². The highest BCUT2D eigenvalue weighted by molar-refractivity contribution is 5.62. The molecule has 0 saturated carbocycles. The number of nitrogens with one attached hydrogen (secondary N) is 1. The number of aliphatic hydroxyl groups excluding tert-OH is 1. The standard InChI is InChI=1S/C12H18FNO2.C2H4O2/c1-2-3-6-14-8-12(16)10-5-4-9(13)7-11(10)15;1-2(3)4/h4-5,7,12,14-16H,2-3,6,8H2,1H3;1H3,(H,3,4)/t12-;/m0./s1. The van der Waals surface area contributed by atoms with Gasteiger partial charge in [0.2, 0.25) is 0 Å². The van der Waals surface area contributed by atoms with Crippen LogP contribution in [-0.4, -0.2) is 34.4 Å². The topological polar surface area (TPSA) is 89.8 Å². The Labute approximate surface area is 118 Å². The maximum atomic E-state index is 12.7. The van der Waals surface area contributed by atoms with E-state index in [1.54, 1.807) is 0 Å². The van der Waals surface area contributed by atoms with Gasteiger partial charge in [-0.2, -0.15) is 0 Å². The molecular formula is C14H22FNO4. The third-order valence-corrected chi connectivity index (χ3v) is 2.40. The molecule has 0 radical (unpaired) electrons. The maximum absolute atomic E-state index is 12.7. The summed E-state index contributed by atoms with van der Waals surface area (Å²) in [5, 5.41) is 29.7. The van der Waals surface area contributed by atoms with Gasteiger partial charge in [-0.3, -0.25) is 4.79 Å². The van der Waals surface area contributed by atoms with Crippen molar-refractivity contribution in [2.24, 2.45) is 0 Å². The maximum Gasteiger partial charge on any atom is 0.300 e. The number of halogens is 1. The molecule has 0 spiro atoms. The number of hydrogen-bond donors (Lipinski definition) is 4. The molecule has 1 aromatic carbocycles. The number of carbonyl (C=O) groups is 1. The zero-order chi connectivity index (χ0) is 15.5. The fourth-order valence-corrected chi connectivity index (χ4v) is 1.45. The van der Waals surface area contributed by atoms with Gasteiger partial charge < -0.3 is 20.6 Å². The van der Waals surface area contributed by atoms with Gasteiger partial charge in [0.1, 0.15) is 11.6 Å². The summed E-state index contributed by atoms with van der Waals surface area (Å²) in [6.07, 6.45) is 1.32. The van der Waals surface area contributed by atoms with Gasteiger partial charge in [0, 0.05) is 25.1 Å². The Morgan fingerprint density at radius 3 is 2.55 bits per heavy atom. The number of aliphatic carboxylic acids is 1. The van der Waals surface area contributed by atoms with Crippen LogP contribution in [0.3, 0.4) is 0 Å². The Morgan fingerprint density at radius 1 is 1.45 bits per heavy atom. The second-order valence-corrected chi connectivity index (χ2v) is 4.30. The number of aliphatic hydroxyl groups is 1. The zero-order valence-electron chi connectivity index (χ0n) is 11.8. The molecular weight excluding hydrogens is 265 g/mol. The van der Waals surface area contributed by atoms with Crippen molar-refractivity contribution in [3.8, 4) is 5.75 Å². The number of carboxylic acids is 1. The van der Waals surface area contributed by atoms with E-state index in [0.29, 0.717) is 12.1 Å². The molecule has 0 bridgehead atoms. The summed E-state index contributed by atoms with van der Waals surface area (Å²) in [6.45, 7) is 4.36. The van der Waals surface area contributed by atoms with Crippen LogP contribution in [0.15, 0.2) is 18.2 Å². The zero-order valence-corrected chi connectivity index (χ0v) is 11.8. The first-order chi connectivity index (χ1) is 9.38. The van der Waals surface area contributed by atoms with Crippen molar-refractivity contribution in [2.75, 3.05) is 13.1 Å². The highest BCUT2D eigenvalue weighted by atomic mass is 19.1. The first kappa shape index (κ1) is 18.3. The lowest BCUT2D eigenvalue weighted by molar-refractivity contribution is -0.134. The van der Waals surface area contributed by atoms with Crippen LogP contribution in [0.1, 0.15) is 38.4 Å². The van der Waals surface area contributed by atoms with E-state index in [0.717, 1.165) is 32.4 Å². The van der Waals surface area contributed by atoms with Gasteiger partial charge in [0.05, 0.1) is 6.10 Å². The summed E-state index contributed by atoms with van der Waals surface area (Å²) >= 11 is 0. The molecule has 0 aliphatic rings. The van der Waals surface area contributed by atoms with Crippen LogP contribution in [0, 0.1) is 5.82 Å². The summed E-state index contributed by atoms with van der Waals surface area (Å²) in [6, 6.07) is 3.63. The normalized spacial score (nSPS) is 11.4. The number of rotatable bonds is 6. The summed E-state index contributed by atoms with van der Waals surface area (Å²) in [7, 11) is 0. The molecule has 6 heteroatoms. The largest absolute Gasteiger partial charge is 0.507 e. The Morgan fingerprint density at radius 2 is 2.05 bits per heavy atom. The molecule has 0 amide bonds. The molecule has 0 aromatic heterocycles. The summed E-state index contributed by atoms with van der Waals surface area (Å²) < 4.78 is 12.7. The highest BCUT2D eigenvalue weighted by Crippen LogP contribution is 2.24. The third-order valence-electron chi connectivity index (χ3n) is 2.40. The number of aromatic hydroxyl groups is 1. The monoisotopic (exact) mass is 287 g/mol. The van der Waals surface area contributed by atoms with Gasteiger partial charge in [-0.15, -0.1) is 0 Å². The van der Waals surface area contributed by atoms with Crippen LogP contribution in [0.2, 0.25) is 0 Å². The SMILES string of the molecule is CC(=O)O.CCCCNC[C@H](O)c1ccc(F)cc1O. The van der Waals surface area contributed by atoms with Crippen LogP contribution in [0.25, 0.3) is 0 Å². The first-order valence-corrected chi connectivity index (χ1v) is 6.45. The van der Waals surface area contributed by atoms with E-state index in [4.69, 9.17) is 9.90 Å². The van der Waals surface area contributed by atoms with Crippen LogP contribution in [-0.2, 0) is 4.79 Å². The van der Waals surface area contributed by atoms with Gasteiger partial charge in [-0.05, 0) is 25.1 Å². The van der Waals surface area contributed by atoms with E-state index in [1.165, 1.54) is 12.1 Å². The van der Waals surface area contributed by atoms with Gasteiger partial charge in [-0.1, -0.05) is 13.3 Å². The second-order valence-electron chi connectivity index (χ2n) is 4.30. The van der Waals surface area contributed by atoms with Gasteiger partial charge >= 0.3 is 0 Å². The Bertz CT molecular complexity index is 408. The van der Waals surface area contributed by atoms with Gasteiger partial charge in [0.15, 0.2) is 0 Å². The quantitative estimate of drug-likeness (QED) is 0.601. The molecule has 1 aromatic rings. The lowest BCUT2D eigenvalue weighted by Gasteiger charge is -2.13. The molecule has 0 unspecified atom stereocenters. The summed E-state index contributed by atoms with van der Waals surface area (Å²) in [5.74, 6) is -1.54. The number of carboxylic acid groups (broad SMARTS) is 1. The lowest BCUT2D eigenvalue weighted by Crippen LogP contribution is -2.22. The van der Waals surface area contributed by atoms with E-state index in [-0.39, 0.29) is 5.75 Å². The van der Waals surface area contributed by atoms with Crippen LogP contribution >= 0.6 is 0 Å². The van der Waals surface area contributed by atoms with E-state index in [1.807, 2.05) is 0 Å². The molecule has 20 heavy (non-hydrogen) atoms. The second kappa shape index (κ2) is 10.2. The van der Waals surface area contributed by atoms with Crippen molar-refractivity contribution < 1.29 is 24.5 Å². The average molecular weight is 287 g/mol. The van der Waals surface area contributed by atoms with Crippen molar-refractivity contribution in [3.63, 3.8) is 0 Å². The van der Waals surface area contributed by atoms with Crippen molar-refractivity contribution in [3.05, 3.63) is 29.6 Å². The highest BCUT2D eigenvalue weighted by Gasteiger charge is 2.12. The van der Waals surface area contributed by atoms with E-state index in [9.17, 15) is 14.6 Å². The summed E-state index contributed by atoms with van der Waals surface area (Å²) in [5.41, 5.74) is 0.352. The Hall–Kier alpha value is -1.66. The number of hydrogen-bond acceptors (Lipinski definition) is 4. The van der Waals surface area contributed by atoms with Crippen LogP contribution in [0.5, 0.6) is 5.75 Å². The predicted molar refractivity (Wildman–Crippen MR) is 74.1 cm³/mol. The Balaban J connectivity index is 0.000000796. The Kier molecular flexibility index (Phi) is 9.32. The van der Waals surface area contributed by atoms with E-state index < -0.39 is 17.9 Å². The fraction of sp³-hybridized carbons (Fsp3) is 0.500. The van der Waals surface area contributed by atoms with E-state index in [2.05, 4.69) is 12.2 Å². The number of benzene rings is 1. The molecule has 0 aliphatic carbocycles. The molecule has 1 rings (SSSR count). The molecule has 0 heterocycles. The van der Waals surface area contributed by atoms with Crippen molar-refractivity contribution >= 4 is 5.97 Å². The van der Waals surface area contributed by atoms with E-state index >= 15 is 0 Å². The summed E-state index contributed by atoms with van der Waals surface area (Å²) in [4.78, 5) is 9.00. The number of unbranched alkanes of at least 4 members (excludes halogenated alkanes) is 1. The molecule has 5 nitrogen and oxygen atoms in total. The van der Waals surface area contributed by atoms with Gasteiger partial charge in [0.25, 0.3) is 5.97 Å². The first-order valence-electron chi connectivity index (χ1n) is 6.45. The molecule has 1 atom stereocenters. The minimum absolute atomic E-state index is 0.204. The predicted octanol–water partition coefficient (Wildman–Crippen LogP) is 2.05. The minimum Gasteiger partial charge on any atom is -0.507 e. The third kappa shape index (κ3) is 8.44. The minimum atomic E-state index is -0.833. The average Bonchev–Trinajstić information content (AvgIpc) is 2.33. The smallest absolute Gasteiger partial charge is 0.300 e. The van der Waals surface area contributed by atoms with Crippen molar-refractivity contribution in [1.82, 2.24) is 5.32 Å². The van der Waals surface area contributed by atoms with Crippen LogP contribution < -0.4 is 5.32 Å². The molecule has 0 saturated heterocycles. The molecule has 114 valence electrons. The number of phenolic OH excluding ortho intramolecular Hbond substituents is 1. The van der Waals surface area contributed by atoms with Crippen molar-refractivity contribution in [2.45, 2.75) is 32.8 Å². The number of phenols is 1.